The summed E-state index contributed by atoms with van der Waals surface area (Å²) < 4.78 is 27.3. The van der Waals surface area contributed by atoms with Gasteiger partial charge in [-0.1, -0.05) is 30.7 Å². The number of sulfonamides is 1. The molecule has 0 aromatic heterocycles. The van der Waals surface area contributed by atoms with E-state index in [4.69, 9.17) is 17.3 Å². The number of anilines is 2. The highest BCUT2D eigenvalue weighted by Crippen LogP contribution is 2.28. The molecule has 2 aromatic carbocycles. The first-order valence-corrected chi connectivity index (χ1v) is 8.37. The van der Waals surface area contributed by atoms with Crippen molar-refractivity contribution in [2.75, 3.05) is 10.5 Å². The van der Waals surface area contributed by atoms with Gasteiger partial charge in [0.1, 0.15) is 4.90 Å². The Morgan fingerprint density at radius 2 is 1.81 bits per heavy atom. The summed E-state index contributed by atoms with van der Waals surface area (Å²) in [5.74, 6) is 0. The van der Waals surface area contributed by atoms with Crippen LogP contribution in [0.1, 0.15) is 18.1 Å². The fourth-order valence-corrected chi connectivity index (χ4v) is 3.57. The summed E-state index contributed by atoms with van der Waals surface area (Å²) in [6.45, 7) is 3.81. The van der Waals surface area contributed by atoms with Gasteiger partial charge in [0.05, 0.1) is 5.02 Å². The molecule has 0 spiro atoms. The van der Waals surface area contributed by atoms with Crippen LogP contribution >= 0.6 is 11.6 Å². The maximum Gasteiger partial charge on any atom is 0.263 e. The molecule has 2 rings (SSSR count). The van der Waals surface area contributed by atoms with Gasteiger partial charge in [-0.2, -0.15) is 0 Å². The fourth-order valence-electron chi connectivity index (χ4n) is 1.89. The van der Waals surface area contributed by atoms with E-state index >= 15 is 0 Å². The van der Waals surface area contributed by atoms with Crippen molar-refractivity contribution in [2.24, 2.45) is 0 Å². The first-order valence-electron chi connectivity index (χ1n) is 6.51. The van der Waals surface area contributed by atoms with Crippen LogP contribution in [0.4, 0.5) is 11.4 Å². The Morgan fingerprint density at radius 3 is 2.38 bits per heavy atom. The van der Waals surface area contributed by atoms with Crippen molar-refractivity contribution < 1.29 is 8.42 Å². The molecule has 0 aliphatic heterocycles. The number of nitrogen functional groups attached to an aromatic ring is 1. The normalized spacial score (nSPS) is 11.4. The second-order valence-electron chi connectivity index (χ2n) is 4.80. The lowest BCUT2D eigenvalue weighted by atomic mass is 10.2. The van der Waals surface area contributed by atoms with Crippen molar-refractivity contribution in [3.63, 3.8) is 0 Å². The van der Waals surface area contributed by atoms with Gasteiger partial charge in [-0.25, -0.2) is 8.42 Å². The molecule has 0 fully saturated rings. The third-order valence-corrected chi connectivity index (χ3v) is 5.07. The molecule has 0 amide bonds. The van der Waals surface area contributed by atoms with Crippen molar-refractivity contribution >= 4 is 33.0 Å². The Balaban J connectivity index is 2.35. The first-order chi connectivity index (χ1) is 9.83. The maximum absolute atomic E-state index is 12.4. The topological polar surface area (TPSA) is 72.2 Å². The zero-order valence-corrected chi connectivity index (χ0v) is 13.4. The van der Waals surface area contributed by atoms with E-state index < -0.39 is 10.0 Å². The van der Waals surface area contributed by atoms with E-state index in [2.05, 4.69) is 4.72 Å². The van der Waals surface area contributed by atoms with E-state index in [9.17, 15) is 8.42 Å². The van der Waals surface area contributed by atoms with Crippen LogP contribution in [0.2, 0.25) is 5.02 Å². The molecule has 21 heavy (non-hydrogen) atoms. The Hall–Kier alpha value is -1.72. The summed E-state index contributed by atoms with van der Waals surface area (Å²) in [5.41, 5.74) is 8.52. The predicted octanol–water partition coefficient (Wildman–Crippen LogP) is 3.59. The van der Waals surface area contributed by atoms with Crippen molar-refractivity contribution in [3.8, 4) is 0 Å². The highest BCUT2D eigenvalue weighted by Gasteiger charge is 2.19. The number of nitrogens with one attached hydrogen (secondary N) is 1. The van der Waals surface area contributed by atoms with Gasteiger partial charge in [-0.05, 0) is 48.7 Å². The van der Waals surface area contributed by atoms with Crippen LogP contribution < -0.4 is 10.5 Å². The fraction of sp³-hybridized carbons (Fsp3) is 0.200. The van der Waals surface area contributed by atoms with Gasteiger partial charge >= 0.3 is 0 Å². The van der Waals surface area contributed by atoms with Crippen molar-refractivity contribution in [1.29, 1.82) is 0 Å². The van der Waals surface area contributed by atoms with E-state index in [1.807, 2.05) is 19.1 Å². The summed E-state index contributed by atoms with van der Waals surface area (Å²) in [6, 6.07) is 10.1. The van der Waals surface area contributed by atoms with Gasteiger partial charge in [-0.15, -0.1) is 0 Å². The summed E-state index contributed by atoms with van der Waals surface area (Å²) >= 11 is 6.03. The monoisotopic (exact) mass is 324 g/mol. The minimum Gasteiger partial charge on any atom is -0.398 e. The van der Waals surface area contributed by atoms with Crippen molar-refractivity contribution in [1.82, 2.24) is 0 Å². The average molecular weight is 325 g/mol. The number of hydrogen-bond acceptors (Lipinski definition) is 3. The van der Waals surface area contributed by atoms with Crippen LogP contribution in [0, 0.1) is 6.92 Å². The Bertz CT molecular complexity index is 756. The zero-order chi connectivity index (χ0) is 15.6. The lowest BCUT2D eigenvalue weighted by Crippen LogP contribution is -2.14. The largest absolute Gasteiger partial charge is 0.398 e. The minimum atomic E-state index is -3.76. The third kappa shape index (κ3) is 3.49. The molecule has 0 aliphatic carbocycles. The van der Waals surface area contributed by atoms with E-state index in [0.717, 1.165) is 17.5 Å². The number of aryl methyl sites for hydroxylation is 2. The van der Waals surface area contributed by atoms with Gasteiger partial charge in [0.25, 0.3) is 10.0 Å². The Kier molecular flexibility index (Phi) is 4.44. The molecule has 0 saturated carbocycles. The number of benzene rings is 2. The Morgan fingerprint density at radius 1 is 1.19 bits per heavy atom. The van der Waals surface area contributed by atoms with Crippen LogP contribution in [0.25, 0.3) is 0 Å². The molecule has 0 heterocycles. The number of hydrogen-bond donors (Lipinski definition) is 2. The average Bonchev–Trinajstić information content (AvgIpc) is 2.43. The third-order valence-electron chi connectivity index (χ3n) is 3.22. The lowest BCUT2D eigenvalue weighted by Gasteiger charge is -2.11. The SMILES string of the molecule is CCc1ccc(NS(=O)(=O)c2cc(N)c(C)cc2Cl)cc1. The van der Waals surface area contributed by atoms with E-state index in [1.165, 1.54) is 6.07 Å². The number of halogens is 1. The van der Waals surface area contributed by atoms with E-state index in [-0.39, 0.29) is 9.92 Å². The lowest BCUT2D eigenvalue weighted by molar-refractivity contribution is 0.601. The summed E-state index contributed by atoms with van der Waals surface area (Å²) in [7, 11) is -3.76. The second-order valence-corrected chi connectivity index (χ2v) is 6.85. The smallest absolute Gasteiger partial charge is 0.263 e. The van der Waals surface area contributed by atoms with Crippen molar-refractivity contribution in [2.45, 2.75) is 25.2 Å². The molecule has 0 atom stereocenters. The van der Waals surface area contributed by atoms with Gasteiger partial charge in [0, 0.05) is 11.4 Å². The predicted molar refractivity (Wildman–Crippen MR) is 87.2 cm³/mol. The molecule has 2 aromatic rings. The van der Waals surface area contributed by atoms with Crippen LogP contribution in [-0.2, 0) is 16.4 Å². The number of rotatable bonds is 4. The highest BCUT2D eigenvalue weighted by molar-refractivity contribution is 7.92. The highest BCUT2D eigenvalue weighted by atomic mass is 35.5. The molecule has 0 radical (unpaired) electrons. The van der Waals surface area contributed by atoms with Gasteiger partial charge in [0.2, 0.25) is 0 Å². The molecule has 0 saturated heterocycles. The van der Waals surface area contributed by atoms with E-state index in [0.29, 0.717) is 11.4 Å². The van der Waals surface area contributed by atoms with Crippen LogP contribution in [-0.4, -0.2) is 8.42 Å². The molecule has 3 N–H and O–H groups in total. The summed E-state index contributed by atoms with van der Waals surface area (Å²) in [4.78, 5) is -0.0214. The standard InChI is InChI=1S/C15H17ClN2O2S/c1-3-11-4-6-12(7-5-11)18-21(19,20)15-9-14(17)10(2)8-13(15)16/h4-9,18H,3,17H2,1-2H3. The minimum absolute atomic E-state index is 0.0214. The van der Waals surface area contributed by atoms with Crippen molar-refractivity contribution in [3.05, 3.63) is 52.5 Å². The van der Waals surface area contributed by atoms with E-state index in [1.54, 1.807) is 25.1 Å². The van der Waals surface area contributed by atoms with Gasteiger partial charge in [-0.3, -0.25) is 4.72 Å². The molecular weight excluding hydrogens is 308 g/mol. The summed E-state index contributed by atoms with van der Waals surface area (Å²) in [5, 5.41) is 0.152. The Labute approximate surface area is 130 Å². The van der Waals surface area contributed by atoms with Gasteiger partial charge < -0.3 is 5.73 Å². The molecular formula is C15H17ClN2O2S. The maximum atomic E-state index is 12.4. The summed E-state index contributed by atoms with van der Waals surface area (Å²) in [6.07, 6.45) is 0.896. The quantitative estimate of drug-likeness (QED) is 0.844. The molecule has 6 heteroatoms. The van der Waals surface area contributed by atoms with Crippen LogP contribution in [0.5, 0.6) is 0 Å². The molecule has 0 bridgehead atoms. The molecule has 0 aliphatic rings. The molecule has 4 nitrogen and oxygen atoms in total. The van der Waals surface area contributed by atoms with Gasteiger partial charge in [0.15, 0.2) is 0 Å². The molecule has 0 unspecified atom stereocenters. The second kappa shape index (κ2) is 5.95. The number of nitrogens with two attached hydrogens (primary N) is 1. The van der Waals surface area contributed by atoms with Crippen LogP contribution in [0.3, 0.4) is 0 Å². The van der Waals surface area contributed by atoms with Crippen LogP contribution in [0.15, 0.2) is 41.3 Å². The molecule has 112 valence electrons. The first kappa shape index (κ1) is 15.7. The zero-order valence-electron chi connectivity index (χ0n) is 11.9.